The first-order chi connectivity index (χ1) is 7.74. The minimum atomic E-state index is -0.631. The van der Waals surface area contributed by atoms with Crippen molar-refractivity contribution in [2.75, 3.05) is 0 Å². The van der Waals surface area contributed by atoms with Crippen LogP contribution in [0.1, 0.15) is 49.6 Å². The third-order valence-electron chi connectivity index (χ3n) is 2.26. The van der Waals surface area contributed by atoms with E-state index in [1.807, 2.05) is 34.6 Å². The van der Waals surface area contributed by atoms with E-state index < -0.39 is 17.2 Å². The number of furan rings is 1. The molecule has 4 heteroatoms. The van der Waals surface area contributed by atoms with E-state index in [-0.39, 0.29) is 5.76 Å². The van der Waals surface area contributed by atoms with Crippen LogP contribution in [0.15, 0.2) is 10.5 Å². The molecule has 0 aliphatic carbocycles. The molecule has 0 saturated heterocycles. The van der Waals surface area contributed by atoms with E-state index in [1.54, 1.807) is 6.07 Å². The molecule has 4 nitrogen and oxygen atoms in total. The Bertz CT molecular complexity index is 438. The highest BCUT2D eigenvalue weighted by atomic mass is 16.3. The van der Waals surface area contributed by atoms with Crippen LogP contribution in [0.4, 0.5) is 0 Å². The Kier molecular flexibility index (Phi) is 3.76. The number of hydrogen-bond donors (Lipinski definition) is 1. The van der Waals surface area contributed by atoms with Crippen LogP contribution in [0.25, 0.3) is 0 Å². The minimum absolute atomic E-state index is 0.112. The van der Waals surface area contributed by atoms with Gasteiger partial charge in [-0.2, -0.15) is 0 Å². The van der Waals surface area contributed by atoms with Gasteiger partial charge in [-0.25, -0.2) is 0 Å². The number of rotatable bonds is 3. The van der Waals surface area contributed by atoms with Crippen LogP contribution >= 0.6 is 0 Å². The fourth-order valence-electron chi connectivity index (χ4n) is 1.49. The molecule has 0 atom stereocenters. The average Bonchev–Trinajstić information content (AvgIpc) is 2.55. The lowest BCUT2D eigenvalue weighted by atomic mass is 10.1. The van der Waals surface area contributed by atoms with Gasteiger partial charge in [0.2, 0.25) is 0 Å². The molecule has 0 unspecified atom stereocenters. The largest absolute Gasteiger partial charge is 0.457 e. The van der Waals surface area contributed by atoms with Crippen LogP contribution in [-0.4, -0.2) is 17.2 Å². The summed E-state index contributed by atoms with van der Waals surface area (Å²) in [7, 11) is 0. The van der Waals surface area contributed by atoms with Crippen LogP contribution < -0.4 is 5.32 Å². The Balaban J connectivity index is 2.86. The topological polar surface area (TPSA) is 59.3 Å². The highest BCUT2D eigenvalue weighted by Gasteiger charge is 2.24. The zero-order valence-electron chi connectivity index (χ0n) is 11.0. The monoisotopic (exact) mass is 237 g/mol. The molecule has 0 bridgehead atoms. The summed E-state index contributed by atoms with van der Waals surface area (Å²) in [5, 5.41) is 2.62. The van der Waals surface area contributed by atoms with Gasteiger partial charge in [-0.15, -0.1) is 0 Å². The van der Waals surface area contributed by atoms with Gasteiger partial charge in [0.1, 0.15) is 5.76 Å². The first-order valence-corrected chi connectivity index (χ1v) is 5.70. The lowest BCUT2D eigenvalue weighted by Crippen LogP contribution is -2.44. The first kappa shape index (κ1) is 13.5. The molecular formula is C13H19NO3. The van der Waals surface area contributed by atoms with Crippen molar-refractivity contribution in [3.8, 4) is 0 Å². The predicted molar refractivity (Wildman–Crippen MR) is 65.0 cm³/mol. The summed E-state index contributed by atoms with van der Waals surface area (Å²) >= 11 is 0. The van der Waals surface area contributed by atoms with Gasteiger partial charge in [0.25, 0.3) is 11.7 Å². The third-order valence-corrected chi connectivity index (χ3v) is 2.26. The Hall–Kier alpha value is -1.58. The molecule has 0 saturated carbocycles. The van der Waals surface area contributed by atoms with E-state index in [2.05, 4.69) is 5.32 Å². The maximum absolute atomic E-state index is 11.8. The summed E-state index contributed by atoms with van der Waals surface area (Å²) in [5.41, 5.74) is 0.474. The molecule has 1 N–H and O–H groups in total. The van der Waals surface area contributed by atoms with Gasteiger partial charge in [-0.1, -0.05) is 6.92 Å². The lowest BCUT2D eigenvalue weighted by Gasteiger charge is -2.19. The number of nitrogens with one attached hydrogen (secondary N) is 1. The van der Waals surface area contributed by atoms with Crippen molar-refractivity contribution in [1.82, 2.24) is 5.32 Å². The molecule has 0 aromatic carbocycles. The molecule has 0 spiro atoms. The number of ketones is 1. The molecular weight excluding hydrogens is 218 g/mol. The molecule has 1 aromatic rings. The van der Waals surface area contributed by atoms with Crippen LogP contribution in [0.2, 0.25) is 0 Å². The molecule has 17 heavy (non-hydrogen) atoms. The van der Waals surface area contributed by atoms with E-state index in [9.17, 15) is 9.59 Å². The van der Waals surface area contributed by atoms with E-state index in [0.717, 1.165) is 11.3 Å². The summed E-state index contributed by atoms with van der Waals surface area (Å²) in [5.74, 6) is -0.394. The maximum Gasteiger partial charge on any atom is 0.296 e. The zero-order valence-corrected chi connectivity index (χ0v) is 11.0. The second-order valence-corrected chi connectivity index (χ2v) is 5.10. The maximum atomic E-state index is 11.8. The van der Waals surface area contributed by atoms with Gasteiger partial charge in [-0.05, 0) is 39.3 Å². The van der Waals surface area contributed by atoms with Crippen molar-refractivity contribution in [3.05, 3.63) is 23.2 Å². The highest BCUT2D eigenvalue weighted by Crippen LogP contribution is 2.16. The molecule has 0 radical (unpaired) electrons. The highest BCUT2D eigenvalue weighted by molar-refractivity contribution is 6.42. The second kappa shape index (κ2) is 4.73. The molecule has 1 heterocycles. The summed E-state index contributed by atoms with van der Waals surface area (Å²) in [6.45, 7) is 9.27. The Morgan fingerprint density at radius 2 is 1.94 bits per heavy atom. The van der Waals surface area contributed by atoms with Crippen LogP contribution in [0.5, 0.6) is 0 Å². The number of aryl methyl sites for hydroxylation is 2. The molecule has 94 valence electrons. The Morgan fingerprint density at radius 3 is 2.35 bits per heavy atom. The SMILES string of the molecule is CCc1oc(C(=O)C(=O)NC(C)(C)C)cc1C. The number of hydrogen-bond acceptors (Lipinski definition) is 3. The normalized spacial score (nSPS) is 11.4. The lowest BCUT2D eigenvalue weighted by molar-refractivity contribution is -0.118. The summed E-state index contributed by atoms with van der Waals surface area (Å²) in [6.07, 6.45) is 0.708. The van der Waals surface area contributed by atoms with Gasteiger partial charge in [0.15, 0.2) is 5.76 Å². The predicted octanol–water partition coefficient (Wildman–Crippen LogP) is 2.25. The number of carbonyl (C=O) groups is 2. The summed E-state index contributed by atoms with van der Waals surface area (Å²) in [4.78, 5) is 23.4. The Labute approximate surface area is 101 Å². The molecule has 0 aliphatic rings. The van der Waals surface area contributed by atoms with E-state index >= 15 is 0 Å². The van der Waals surface area contributed by atoms with Gasteiger partial charge >= 0.3 is 0 Å². The Morgan fingerprint density at radius 1 is 1.35 bits per heavy atom. The quantitative estimate of drug-likeness (QED) is 0.648. The smallest absolute Gasteiger partial charge is 0.296 e. The van der Waals surface area contributed by atoms with Crippen molar-refractivity contribution >= 4 is 11.7 Å². The number of Topliss-reactive ketones (excluding diaryl/α,β-unsaturated/α-hetero) is 1. The third kappa shape index (κ3) is 3.44. The van der Waals surface area contributed by atoms with E-state index in [0.29, 0.717) is 6.42 Å². The van der Waals surface area contributed by atoms with Crippen LogP contribution in [0, 0.1) is 6.92 Å². The van der Waals surface area contributed by atoms with Crippen LogP contribution in [-0.2, 0) is 11.2 Å². The minimum Gasteiger partial charge on any atom is -0.457 e. The number of carbonyl (C=O) groups excluding carboxylic acids is 2. The van der Waals surface area contributed by atoms with Crippen molar-refractivity contribution in [2.45, 2.75) is 46.6 Å². The number of amides is 1. The van der Waals surface area contributed by atoms with Gasteiger partial charge in [0.05, 0.1) is 0 Å². The molecule has 1 amide bonds. The molecule has 1 rings (SSSR count). The van der Waals surface area contributed by atoms with E-state index in [1.165, 1.54) is 0 Å². The van der Waals surface area contributed by atoms with Crippen LogP contribution in [0.3, 0.4) is 0 Å². The average molecular weight is 237 g/mol. The first-order valence-electron chi connectivity index (χ1n) is 5.70. The van der Waals surface area contributed by atoms with Crippen molar-refractivity contribution in [3.63, 3.8) is 0 Å². The molecule has 1 aromatic heterocycles. The van der Waals surface area contributed by atoms with Crippen molar-refractivity contribution in [2.24, 2.45) is 0 Å². The molecule has 0 fully saturated rings. The molecule has 0 aliphatic heterocycles. The van der Waals surface area contributed by atoms with Gasteiger partial charge < -0.3 is 9.73 Å². The standard InChI is InChI=1S/C13H19NO3/c1-6-9-8(2)7-10(17-9)11(15)12(16)14-13(3,4)5/h7H,6H2,1-5H3,(H,14,16). The summed E-state index contributed by atoms with van der Waals surface area (Å²) < 4.78 is 5.35. The fraction of sp³-hybridized carbons (Fsp3) is 0.538. The van der Waals surface area contributed by atoms with Crippen molar-refractivity contribution < 1.29 is 14.0 Å². The van der Waals surface area contributed by atoms with Gasteiger partial charge in [-0.3, -0.25) is 9.59 Å². The zero-order chi connectivity index (χ0) is 13.2. The second-order valence-electron chi connectivity index (χ2n) is 5.10. The van der Waals surface area contributed by atoms with E-state index in [4.69, 9.17) is 4.42 Å². The van der Waals surface area contributed by atoms with Gasteiger partial charge in [0, 0.05) is 12.0 Å². The summed E-state index contributed by atoms with van der Waals surface area (Å²) in [6, 6.07) is 1.61. The van der Waals surface area contributed by atoms with Crippen molar-refractivity contribution in [1.29, 1.82) is 0 Å². The fourth-order valence-corrected chi connectivity index (χ4v) is 1.49.